The van der Waals surface area contributed by atoms with E-state index in [1.807, 2.05) is 0 Å². The van der Waals surface area contributed by atoms with Crippen LogP contribution in [0.1, 0.15) is 0 Å². The highest BCUT2D eigenvalue weighted by Gasteiger charge is 2.25. The predicted molar refractivity (Wildman–Crippen MR) is 337 cm³/mol. The van der Waals surface area contributed by atoms with Crippen LogP contribution in [0.15, 0.2) is 322 Å². The normalized spacial score (nSPS) is 11.3. The van der Waals surface area contributed by atoms with E-state index in [9.17, 15) is 0 Å². The zero-order chi connectivity index (χ0) is 52.5. The zero-order valence-corrected chi connectivity index (χ0v) is 43.4. The van der Waals surface area contributed by atoms with Gasteiger partial charge in [-0.25, -0.2) is 0 Å². The number of fused-ring (bicyclic) bond motifs is 7. The van der Waals surface area contributed by atoms with E-state index < -0.39 is 0 Å². The summed E-state index contributed by atoms with van der Waals surface area (Å²) in [7, 11) is 0. The highest BCUT2D eigenvalue weighted by atomic mass is 15.2. The molecule has 0 unspecified atom stereocenters. The van der Waals surface area contributed by atoms with Gasteiger partial charge in [0.05, 0.1) is 0 Å². The number of hydrogen-bond donors (Lipinski definition) is 0. The first-order valence-corrected chi connectivity index (χ1v) is 27.1. The van der Waals surface area contributed by atoms with Gasteiger partial charge in [0.1, 0.15) is 0 Å². The fourth-order valence-corrected chi connectivity index (χ4v) is 11.8. The van der Waals surface area contributed by atoms with Gasteiger partial charge in [-0.05, 0) is 192 Å². The molecule has 0 aliphatic heterocycles. The van der Waals surface area contributed by atoms with Gasteiger partial charge in [0, 0.05) is 51.2 Å². The maximum absolute atomic E-state index is 2.46. The third-order valence-electron chi connectivity index (χ3n) is 15.3. The molecule has 14 aromatic rings. The average Bonchev–Trinajstić information content (AvgIpc) is 3.62. The fourth-order valence-electron chi connectivity index (χ4n) is 11.8. The van der Waals surface area contributed by atoms with Crippen LogP contribution in [0.25, 0.3) is 76.5 Å². The van der Waals surface area contributed by atoms with Crippen LogP contribution in [0, 0.1) is 0 Å². The lowest BCUT2D eigenvalue weighted by molar-refractivity contribution is 1.29. The van der Waals surface area contributed by atoms with E-state index >= 15 is 0 Å². The fraction of sp³-hybridized carbons (Fsp3) is 0. The van der Waals surface area contributed by atoms with Gasteiger partial charge in [-0.3, -0.25) is 0 Å². The average molecular weight is 1010 g/mol. The van der Waals surface area contributed by atoms with Crippen molar-refractivity contribution in [2.24, 2.45) is 0 Å². The molecule has 0 aromatic heterocycles. The van der Waals surface area contributed by atoms with Crippen molar-refractivity contribution in [3.8, 4) is 33.4 Å². The summed E-state index contributed by atoms with van der Waals surface area (Å²) in [5, 5.41) is 9.52. The number of benzene rings is 14. The predicted octanol–water partition coefficient (Wildman–Crippen LogP) is 21.7. The number of rotatable bonds is 12. The summed E-state index contributed by atoms with van der Waals surface area (Å²) in [6, 6.07) is 117. The SMILES string of the molecule is c1ccc(-c2cc(-c3ccccc3)c3c4ccc(N(c5ccccc5)c5ccccc5)cc4c4cc(N(c5ccccc5)c5ccccc5)ccc4c3c2-c2ccc(N(c3ccccc3)c3ccc4ccccc4c3)cc2)cc1. The molecule has 0 spiro atoms. The molecule has 0 saturated carbocycles. The molecular formula is C76H53N3. The Kier molecular flexibility index (Phi) is 12.2. The second kappa shape index (κ2) is 20.6. The van der Waals surface area contributed by atoms with Crippen molar-refractivity contribution in [2.75, 3.05) is 14.7 Å². The number of hydrogen-bond acceptors (Lipinski definition) is 3. The molecule has 0 amide bonds. The summed E-state index contributed by atoms with van der Waals surface area (Å²) in [4.78, 5) is 7.12. The van der Waals surface area contributed by atoms with Gasteiger partial charge in [-0.15, -0.1) is 0 Å². The molecule has 0 saturated heterocycles. The Balaban J connectivity index is 1.09. The zero-order valence-electron chi connectivity index (χ0n) is 43.4. The minimum atomic E-state index is 1.07. The van der Waals surface area contributed by atoms with E-state index in [1.54, 1.807) is 0 Å². The van der Waals surface area contributed by atoms with Crippen molar-refractivity contribution in [3.63, 3.8) is 0 Å². The summed E-state index contributed by atoms with van der Waals surface area (Å²) < 4.78 is 0. The minimum Gasteiger partial charge on any atom is -0.310 e. The first-order valence-electron chi connectivity index (χ1n) is 27.1. The van der Waals surface area contributed by atoms with Gasteiger partial charge in [-0.1, -0.05) is 206 Å². The standard InChI is InChI=1S/C76H53N3/c1-8-25-55(26-9-1)70-53-71(56-27-10-2-11-28-56)75-68-48-46-66(77(59-30-12-3-13-31-59)60-32-14-4-15-33-60)51-72(68)73-52-67(78(61-34-16-5-17-35-61)62-36-18-6-19-37-62)47-49-69(73)76(75)74(70)57-41-43-64(44-42-57)79(63-38-20-7-21-39-63)65-45-40-54-24-22-23-29-58(54)50-65/h1-53H. The molecule has 372 valence electrons. The molecule has 0 bridgehead atoms. The smallest absolute Gasteiger partial charge is 0.0468 e. The number of anilines is 9. The van der Waals surface area contributed by atoms with Crippen molar-refractivity contribution in [3.05, 3.63) is 322 Å². The topological polar surface area (TPSA) is 9.72 Å². The van der Waals surface area contributed by atoms with Gasteiger partial charge in [0.2, 0.25) is 0 Å². The van der Waals surface area contributed by atoms with E-state index in [4.69, 9.17) is 0 Å². The summed E-state index contributed by atoms with van der Waals surface area (Å²) in [5.74, 6) is 0. The quantitative estimate of drug-likeness (QED) is 0.113. The van der Waals surface area contributed by atoms with Crippen molar-refractivity contribution < 1.29 is 0 Å². The first-order chi connectivity index (χ1) is 39.2. The van der Waals surface area contributed by atoms with E-state index in [0.717, 1.165) is 73.3 Å². The second-order valence-corrected chi connectivity index (χ2v) is 20.1. The van der Waals surface area contributed by atoms with E-state index in [1.165, 1.54) is 54.4 Å². The van der Waals surface area contributed by atoms with Crippen LogP contribution in [-0.4, -0.2) is 0 Å². The van der Waals surface area contributed by atoms with Crippen LogP contribution in [0.3, 0.4) is 0 Å². The molecule has 0 aliphatic rings. The lowest BCUT2D eigenvalue weighted by Gasteiger charge is -2.28. The van der Waals surface area contributed by atoms with E-state index in [2.05, 4.69) is 336 Å². The first kappa shape index (κ1) is 47.0. The second-order valence-electron chi connectivity index (χ2n) is 20.1. The summed E-state index contributed by atoms with van der Waals surface area (Å²) in [5.41, 5.74) is 16.8. The number of nitrogens with zero attached hydrogens (tertiary/aromatic N) is 3. The van der Waals surface area contributed by atoms with Gasteiger partial charge in [0.15, 0.2) is 0 Å². The van der Waals surface area contributed by atoms with Gasteiger partial charge in [0.25, 0.3) is 0 Å². The van der Waals surface area contributed by atoms with Gasteiger partial charge in [-0.2, -0.15) is 0 Å². The summed E-state index contributed by atoms with van der Waals surface area (Å²) in [6.07, 6.45) is 0. The van der Waals surface area contributed by atoms with Gasteiger partial charge < -0.3 is 14.7 Å². The van der Waals surface area contributed by atoms with Gasteiger partial charge >= 0.3 is 0 Å². The Morgan fingerprint density at radius 2 is 0.506 bits per heavy atom. The van der Waals surface area contributed by atoms with Crippen LogP contribution in [-0.2, 0) is 0 Å². The Hall–Kier alpha value is -10.5. The monoisotopic (exact) mass is 1010 g/mol. The Labute approximate surface area is 461 Å². The van der Waals surface area contributed by atoms with Crippen molar-refractivity contribution >= 4 is 94.3 Å². The molecule has 0 aliphatic carbocycles. The molecule has 0 N–H and O–H groups in total. The lowest BCUT2D eigenvalue weighted by Crippen LogP contribution is -2.10. The van der Waals surface area contributed by atoms with Crippen molar-refractivity contribution in [2.45, 2.75) is 0 Å². The Morgan fingerprint density at radius 3 is 0.949 bits per heavy atom. The Bertz CT molecular complexity index is 4360. The van der Waals surface area contributed by atoms with E-state index in [-0.39, 0.29) is 0 Å². The molecule has 0 radical (unpaired) electrons. The highest BCUT2D eigenvalue weighted by molar-refractivity contribution is 6.33. The van der Waals surface area contributed by atoms with Crippen LogP contribution >= 0.6 is 0 Å². The maximum Gasteiger partial charge on any atom is 0.0468 e. The molecule has 14 rings (SSSR count). The van der Waals surface area contributed by atoms with Crippen LogP contribution < -0.4 is 14.7 Å². The summed E-state index contributed by atoms with van der Waals surface area (Å²) >= 11 is 0. The molecule has 3 heteroatoms. The van der Waals surface area contributed by atoms with E-state index in [0.29, 0.717) is 0 Å². The molecular weight excluding hydrogens is 955 g/mol. The van der Waals surface area contributed by atoms with Crippen LogP contribution in [0.4, 0.5) is 51.2 Å². The third kappa shape index (κ3) is 8.80. The maximum atomic E-state index is 2.46. The third-order valence-corrected chi connectivity index (χ3v) is 15.3. The molecule has 0 atom stereocenters. The molecule has 0 heterocycles. The number of para-hydroxylation sites is 5. The van der Waals surface area contributed by atoms with Crippen molar-refractivity contribution in [1.29, 1.82) is 0 Å². The highest BCUT2D eigenvalue weighted by Crippen LogP contribution is 2.52. The minimum absolute atomic E-state index is 1.07. The van der Waals surface area contributed by atoms with Crippen LogP contribution in [0.2, 0.25) is 0 Å². The molecule has 14 aromatic carbocycles. The summed E-state index contributed by atoms with van der Waals surface area (Å²) in [6.45, 7) is 0. The Morgan fingerprint density at radius 1 is 0.177 bits per heavy atom. The molecule has 79 heavy (non-hydrogen) atoms. The lowest BCUT2D eigenvalue weighted by atomic mass is 9.81. The molecule has 3 nitrogen and oxygen atoms in total. The molecule has 0 fully saturated rings. The largest absolute Gasteiger partial charge is 0.310 e. The van der Waals surface area contributed by atoms with Crippen molar-refractivity contribution in [1.82, 2.24) is 0 Å². The van der Waals surface area contributed by atoms with Crippen LogP contribution in [0.5, 0.6) is 0 Å².